The predicted molar refractivity (Wildman–Crippen MR) is 34.4 cm³/mol. The molecule has 0 atom stereocenters. The van der Waals surface area contributed by atoms with Gasteiger partial charge in [0, 0.05) is 13.1 Å². The molecule has 3 heteroatoms. The number of hydroxylamine groups is 1. The molecule has 0 fully saturated rings. The van der Waals surface area contributed by atoms with E-state index in [9.17, 15) is 5.21 Å². The van der Waals surface area contributed by atoms with Crippen LogP contribution in [0.5, 0.6) is 0 Å². The van der Waals surface area contributed by atoms with E-state index < -0.39 is 0 Å². The Hall–Kier alpha value is -0.380. The van der Waals surface area contributed by atoms with Gasteiger partial charge in [0.15, 0.2) is 0 Å². The molecule has 0 saturated heterocycles. The largest absolute Gasteiger partial charge is 0.788 e. The summed E-state index contributed by atoms with van der Waals surface area (Å²) < 4.78 is 0. The van der Waals surface area contributed by atoms with Gasteiger partial charge in [0.2, 0.25) is 0 Å². The van der Waals surface area contributed by atoms with Crippen LogP contribution in [-0.2, 0) is 0 Å². The second-order valence-corrected chi connectivity index (χ2v) is 1.39. The van der Waals surface area contributed by atoms with Crippen molar-refractivity contribution in [3.63, 3.8) is 0 Å². The monoisotopic (exact) mass is 115 g/mol. The Bertz CT molecular complexity index is 56.4. The van der Waals surface area contributed by atoms with Crippen molar-refractivity contribution in [3.8, 4) is 0 Å². The molecule has 2 N–H and O–H groups in total. The van der Waals surface area contributed by atoms with Crippen LogP contribution >= 0.6 is 0 Å². The maximum Gasteiger partial charge on any atom is 0.0132 e. The van der Waals surface area contributed by atoms with Crippen molar-refractivity contribution in [2.45, 2.75) is 0 Å². The first-order chi connectivity index (χ1) is 3.91. The molecular weight excluding hydrogens is 104 g/mol. The molecular formula is C5H11N2O-. The topological polar surface area (TPSA) is 47.1 Å². The summed E-state index contributed by atoms with van der Waals surface area (Å²) >= 11 is 0. The van der Waals surface area contributed by atoms with Gasteiger partial charge in [-0.05, 0) is 6.54 Å². The Balaban J connectivity index is 2.62. The zero-order chi connectivity index (χ0) is 6.24. The maximum atomic E-state index is 9.58. The minimum absolute atomic E-state index is 0.466. The molecule has 0 aromatic heterocycles. The van der Waals surface area contributed by atoms with Crippen molar-refractivity contribution in [1.82, 2.24) is 10.8 Å². The van der Waals surface area contributed by atoms with E-state index in [2.05, 4.69) is 11.9 Å². The fraction of sp³-hybridized carbons (Fsp3) is 0.600. The summed E-state index contributed by atoms with van der Waals surface area (Å²) in [6.45, 7) is 5.43. The second-order valence-electron chi connectivity index (χ2n) is 1.39. The van der Waals surface area contributed by atoms with E-state index in [4.69, 9.17) is 0 Å². The number of hydrogen-bond donors (Lipinski definition) is 2. The molecule has 0 spiro atoms. The van der Waals surface area contributed by atoms with Crippen molar-refractivity contribution >= 4 is 0 Å². The zero-order valence-electron chi connectivity index (χ0n) is 4.81. The van der Waals surface area contributed by atoms with Crippen LogP contribution in [0.4, 0.5) is 0 Å². The van der Waals surface area contributed by atoms with Crippen LogP contribution < -0.4 is 10.8 Å². The van der Waals surface area contributed by atoms with E-state index in [0.29, 0.717) is 13.1 Å². The summed E-state index contributed by atoms with van der Waals surface area (Å²) in [7, 11) is 0. The van der Waals surface area contributed by atoms with E-state index in [1.54, 1.807) is 11.6 Å². The van der Waals surface area contributed by atoms with Gasteiger partial charge >= 0.3 is 0 Å². The van der Waals surface area contributed by atoms with Gasteiger partial charge in [0.1, 0.15) is 0 Å². The summed E-state index contributed by atoms with van der Waals surface area (Å²) in [4.78, 5) is 0. The average Bonchev–Trinajstić information content (AvgIpc) is 1.81. The molecule has 0 saturated carbocycles. The predicted octanol–water partition coefficient (Wildman–Crippen LogP) is -0.151. The molecule has 0 aliphatic heterocycles. The van der Waals surface area contributed by atoms with Crippen LogP contribution in [-0.4, -0.2) is 19.6 Å². The summed E-state index contributed by atoms with van der Waals surface area (Å²) in [6, 6.07) is 0. The molecule has 0 unspecified atom stereocenters. The van der Waals surface area contributed by atoms with Gasteiger partial charge in [-0.15, -0.1) is 6.58 Å². The van der Waals surface area contributed by atoms with Crippen LogP contribution in [0.3, 0.4) is 0 Å². The van der Waals surface area contributed by atoms with Crippen molar-refractivity contribution in [2.24, 2.45) is 0 Å². The molecule has 0 aliphatic carbocycles. The lowest BCUT2D eigenvalue weighted by Crippen LogP contribution is -2.23. The lowest BCUT2D eigenvalue weighted by atomic mass is 10.6. The Morgan fingerprint density at radius 1 is 1.50 bits per heavy atom. The van der Waals surface area contributed by atoms with Gasteiger partial charge in [0.05, 0.1) is 0 Å². The molecule has 0 radical (unpaired) electrons. The first kappa shape index (κ1) is 7.62. The highest BCUT2D eigenvalue weighted by molar-refractivity contribution is 4.69. The third-order valence-electron chi connectivity index (χ3n) is 0.693. The fourth-order valence-corrected chi connectivity index (χ4v) is 0.344. The first-order valence-corrected chi connectivity index (χ1v) is 2.58. The number of rotatable bonds is 5. The highest BCUT2D eigenvalue weighted by atomic mass is 16.5. The van der Waals surface area contributed by atoms with Crippen LogP contribution in [0.25, 0.3) is 0 Å². The normalized spacial score (nSPS) is 9.12. The SMILES string of the molecule is C=CCNCCN[O-]. The highest BCUT2D eigenvalue weighted by Crippen LogP contribution is 1.58. The van der Waals surface area contributed by atoms with Crippen molar-refractivity contribution < 1.29 is 0 Å². The molecule has 0 aliphatic rings. The molecule has 0 amide bonds. The molecule has 0 aromatic carbocycles. The van der Waals surface area contributed by atoms with Crippen LogP contribution in [0.2, 0.25) is 0 Å². The minimum Gasteiger partial charge on any atom is -0.788 e. The van der Waals surface area contributed by atoms with Gasteiger partial charge in [0.25, 0.3) is 0 Å². The standard InChI is InChI=1S/C5H11N2O/c1-2-3-6-4-5-7-8/h2,6-7H,1,3-5H2/q-1. The molecule has 0 rings (SSSR count). The van der Waals surface area contributed by atoms with Gasteiger partial charge < -0.3 is 16.0 Å². The van der Waals surface area contributed by atoms with Crippen molar-refractivity contribution in [3.05, 3.63) is 17.9 Å². The smallest absolute Gasteiger partial charge is 0.0132 e. The second kappa shape index (κ2) is 6.62. The third-order valence-corrected chi connectivity index (χ3v) is 0.693. The summed E-state index contributed by atoms with van der Waals surface area (Å²) in [5, 5.41) is 12.5. The molecule has 3 nitrogen and oxygen atoms in total. The molecule has 0 aromatic rings. The van der Waals surface area contributed by atoms with E-state index >= 15 is 0 Å². The van der Waals surface area contributed by atoms with Gasteiger partial charge in [-0.1, -0.05) is 6.08 Å². The average molecular weight is 115 g/mol. The van der Waals surface area contributed by atoms with Crippen molar-refractivity contribution in [1.29, 1.82) is 0 Å². The lowest BCUT2D eigenvalue weighted by molar-refractivity contribution is 0.709. The van der Waals surface area contributed by atoms with E-state index in [1.165, 1.54) is 0 Å². The van der Waals surface area contributed by atoms with Gasteiger partial charge in [-0.3, -0.25) is 0 Å². The highest BCUT2D eigenvalue weighted by Gasteiger charge is 1.75. The van der Waals surface area contributed by atoms with E-state index in [1.807, 2.05) is 0 Å². The summed E-state index contributed by atoms with van der Waals surface area (Å²) in [5.41, 5.74) is 1.78. The first-order valence-electron chi connectivity index (χ1n) is 2.58. The summed E-state index contributed by atoms with van der Waals surface area (Å²) in [6.07, 6.45) is 1.75. The lowest BCUT2D eigenvalue weighted by Gasteiger charge is -2.05. The van der Waals surface area contributed by atoms with Crippen LogP contribution in [0, 0.1) is 5.21 Å². The summed E-state index contributed by atoms with van der Waals surface area (Å²) in [5.74, 6) is 0. The molecule has 0 heterocycles. The van der Waals surface area contributed by atoms with Crippen molar-refractivity contribution in [2.75, 3.05) is 19.6 Å². The number of hydrogen-bond acceptors (Lipinski definition) is 3. The van der Waals surface area contributed by atoms with Gasteiger partial charge in [-0.2, -0.15) is 0 Å². The Morgan fingerprint density at radius 3 is 2.75 bits per heavy atom. The number of nitrogens with one attached hydrogen (secondary N) is 2. The zero-order valence-corrected chi connectivity index (χ0v) is 4.81. The molecule has 48 valence electrons. The van der Waals surface area contributed by atoms with Gasteiger partial charge in [-0.25, -0.2) is 0 Å². The molecule has 8 heavy (non-hydrogen) atoms. The Morgan fingerprint density at radius 2 is 2.25 bits per heavy atom. The quantitative estimate of drug-likeness (QED) is 0.297. The fourth-order valence-electron chi connectivity index (χ4n) is 0.344. The maximum absolute atomic E-state index is 9.58. The third kappa shape index (κ3) is 5.62. The van der Waals surface area contributed by atoms with E-state index in [-0.39, 0.29) is 0 Å². The molecule has 0 bridgehead atoms. The van der Waals surface area contributed by atoms with Crippen LogP contribution in [0.1, 0.15) is 0 Å². The minimum atomic E-state index is 0.466. The Kier molecular flexibility index (Phi) is 6.31. The van der Waals surface area contributed by atoms with E-state index in [0.717, 1.165) is 6.54 Å². The van der Waals surface area contributed by atoms with Crippen LogP contribution in [0.15, 0.2) is 12.7 Å². The Labute approximate surface area is 49.4 Å².